The van der Waals surface area contributed by atoms with Gasteiger partial charge < -0.3 is 10.6 Å². The third-order valence-electron chi connectivity index (χ3n) is 2.34. The first kappa shape index (κ1) is 10.2. The zero-order chi connectivity index (χ0) is 10.0. The molecule has 0 radical (unpaired) electrons. The molecule has 1 saturated heterocycles. The summed E-state index contributed by atoms with van der Waals surface area (Å²) in [6, 6.07) is -0.467. The summed E-state index contributed by atoms with van der Waals surface area (Å²) >= 11 is 0. The second-order valence-electron chi connectivity index (χ2n) is 3.82. The molecule has 1 heterocycles. The van der Waals surface area contributed by atoms with Gasteiger partial charge in [-0.3, -0.25) is 9.59 Å². The maximum atomic E-state index is 11.6. The van der Waals surface area contributed by atoms with E-state index in [1.54, 1.807) is 4.90 Å². The van der Waals surface area contributed by atoms with Gasteiger partial charge in [0.25, 0.3) is 0 Å². The van der Waals surface area contributed by atoms with Crippen molar-refractivity contribution in [1.29, 1.82) is 0 Å². The van der Waals surface area contributed by atoms with Crippen molar-refractivity contribution in [2.75, 3.05) is 13.1 Å². The van der Waals surface area contributed by atoms with E-state index in [2.05, 4.69) is 0 Å². The molecule has 1 amide bonds. The van der Waals surface area contributed by atoms with Crippen LogP contribution in [0.2, 0.25) is 0 Å². The van der Waals surface area contributed by atoms with Crippen molar-refractivity contribution >= 4 is 11.7 Å². The Hall–Kier alpha value is -0.900. The zero-order valence-corrected chi connectivity index (χ0v) is 8.12. The van der Waals surface area contributed by atoms with Crippen LogP contribution < -0.4 is 5.73 Å². The number of hydrogen-bond donors (Lipinski definition) is 1. The Morgan fingerprint density at radius 2 is 2.15 bits per heavy atom. The highest BCUT2D eigenvalue weighted by Crippen LogP contribution is 2.09. The molecule has 1 fully saturated rings. The van der Waals surface area contributed by atoms with Crippen LogP contribution in [0.4, 0.5) is 0 Å². The lowest BCUT2D eigenvalue weighted by molar-refractivity contribution is -0.133. The molecule has 1 aliphatic rings. The number of nitrogens with zero attached hydrogens (tertiary/aromatic N) is 1. The molecule has 0 saturated carbocycles. The summed E-state index contributed by atoms with van der Waals surface area (Å²) in [5, 5.41) is 0. The van der Waals surface area contributed by atoms with Crippen LogP contribution in [0.3, 0.4) is 0 Å². The van der Waals surface area contributed by atoms with Gasteiger partial charge in [-0.2, -0.15) is 0 Å². The molecule has 74 valence electrons. The van der Waals surface area contributed by atoms with E-state index in [0.29, 0.717) is 13.0 Å². The van der Waals surface area contributed by atoms with Crippen molar-refractivity contribution < 1.29 is 9.59 Å². The number of carbonyl (C=O) groups is 2. The SMILES string of the molecule is CC(C)[C@H](N)C(=O)N1CCC(=O)C1. The first-order valence-corrected chi connectivity index (χ1v) is 4.58. The fourth-order valence-corrected chi connectivity index (χ4v) is 1.31. The van der Waals surface area contributed by atoms with E-state index in [4.69, 9.17) is 5.73 Å². The predicted molar refractivity (Wildman–Crippen MR) is 49.0 cm³/mol. The highest BCUT2D eigenvalue weighted by atomic mass is 16.2. The normalized spacial score (nSPS) is 19.7. The molecule has 0 aromatic rings. The number of rotatable bonds is 2. The summed E-state index contributed by atoms with van der Waals surface area (Å²) in [6.07, 6.45) is 0.483. The Labute approximate surface area is 78.1 Å². The van der Waals surface area contributed by atoms with Gasteiger partial charge in [-0.05, 0) is 5.92 Å². The summed E-state index contributed by atoms with van der Waals surface area (Å²) < 4.78 is 0. The van der Waals surface area contributed by atoms with E-state index in [1.807, 2.05) is 13.8 Å². The van der Waals surface area contributed by atoms with Crippen LogP contribution in [0.5, 0.6) is 0 Å². The lowest BCUT2D eigenvalue weighted by Gasteiger charge is -2.21. The summed E-state index contributed by atoms with van der Waals surface area (Å²) in [5.74, 6) is 0.161. The summed E-state index contributed by atoms with van der Waals surface area (Å²) in [6.45, 7) is 4.60. The molecular weight excluding hydrogens is 168 g/mol. The van der Waals surface area contributed by atoms with Gasteiger partial charge in [-0.15, -0.1) is 0 Å². The molecule has 0 aromatic carbocycles. The van der Waals surface area contributed by atoms with Crippen LogP contribution in [0.1, 0.15) is 20.3 Å². The number of ketones is 1. The highest BCUT2D eigenvalue weighted by Gasteiger charge is 2.28. The third-order valence-corrected chi connectivity index (χ3v) is 2.34. The molecule has 0 aromatic heterocycles. The van der Waals surface area contributed by atoms with Crippen molar-refractivity contribution in [3.8, 4) is 0 Å². The van der Waals surface area contributed by atoms with Crippen LogP contribution in [0.15, 0.2) is 0 Å². The number of carbonyl (C=O) groups excluding carboxylic acids is 2. The van der Waals surface area contributed by atoms with E-state index in [-0.39, 0.29) is 24.2 Å². The summed E-state index contributed by atoms with van der Waals surface area (Å²) in [7, 11) is 0. The summed E-state index contributed by atoms with van der Waals surface area (Å²) in [4.78, 5) is 24.0. The number of Topliss-reactive ketones (excluding diaryl/α,β-unsaturated/α-hetero) is 1. The van der Waals surface area contributed by atoms with Crippen molar-refractivity contribution in [3.05, 3.63) is 0 Å². The van der Waals surface area contributed by atoms with Gasteiger partial charge >= 0.3 is 0 Å². The quantitative estimate of drug-likeness (QED) is 0.645. The molecular formula is C9H16N2O2. The number of hydrogen-bond acceptors (Lipinski definition) is 3. The first-order valence-electron chi connectivity index (χ1n) is 4.58. The molecule has 1 atom stereocenters. The molecule has 2 N–H and O–H groups in total. The van der Waals surface area contributed by atoms with Gasteiger partial charge in [0.1, 0.15) is 0 Å². The van der Waals surface area contributed by atoms with Gasteiger partial charge in [0.05, 0.1) is 12.6 Å². The monoisotopic (exact) mass is 184 g/mol. The van der Waals surface area contributed by atoms with Gasteiger partial charge in [0, 0.05) is 13.0 Å². The molecule has 13 heavy (non-hydrogen) atoms. The fraction of sp³-hybridized carbons (Fsp3) is 0.778. The Morgan fingerprint density at radius 3 is 2.54 bits per heavy atom. The minimum absolute atomic E-state index is 0.0964. The van der Waals surface area contributed by atoms with E-state index >= 15 is 0 Å². The minimum atomic E-state index is -0.467. The second-order valence-corrected chi connectivity index (χ2v) is 3.82. The topological polar surface area (TPSA) is 63.4 Å². The Morgan fingerprint density at radius 1 is 1.54 bits per heavy atom. The summed E-state index contributed by atoms with van der Waals surface area (Å²) in [5.41, 5.74) is 5.68. The molecule has 0 aliphatic carbocycles. The van der Waals surface area contributed by atoms with Crippen LogP contribution >= 0.6 is 0 Å². The van der Waals surface area contributed by atoms with Gasteiger partial charge in [-0.1, -0.05) is 13.8 Å². The van der Waals surface area contributed by atoms with Crippen LogP contribution in [0, 0.1) is 5.92 Å². The van der Waals surface area contributed by atoms with Crippen molar-refractivity contribution in [3.63, 3.8) is 0 Å². The molecule has 0 unspecified atom stereocenters. The third kappa shape index (κ3) is 2.28. The van der Waals surface area contributed by atoms with Gasteiger partial charge in [0.15, 0.2) is 5.78 Å². The molecule has 4 nitrogen and oxygen atoms in total. The predicted octanol–water partition coefficient (Wildman–Crippen LogP) is -0.229. The van der Waals surface area contributed by atoms with E-state index in [9.17, 15) is 9.59 Å². The Kier molecular flexibility index (Phi) is 3.03. The van der Waals surface area contributed by atoms with E-state index < -0.39 is 6.04 Å². The molecule has 0 bridgehead atoms. The Bertz CT molecular complexity index is 226. The smallest absolute Gasteiger partial charge is 0.240 e. The maximum Gasteiger partial charge on any atom is 0.240 e. The second kappa shape index (κ2) is 3.87. The largest absolute Gasteiger partial charge is 0.334 e. The number of likely N-dealkylation sites (tertiary alicyclic amines) is 1. The molecule has 1 rings (SSSR count). The van der Waals surface area contributed by atoms with Crippen molar-refractivity contribution in [2.24, 2.45) is 11.7 Å². The van der Waals surface area contributed by atoms with Crippen molar-refractivity contribution in [1.82, 2.24) is 4.90 Å². The lowest BCUT2D eigenvalue weighted by Crippen LogP contribution is -2.45. The molecule has 1 aliphatic heterocycles. The van der Waals surface area contributed by atoms with Crippen LogP contribution in [0.25, 0.3) is 0 Å². The van der Waals surface area contributed by atoms with Crippen molar-refractivity contribution in [2.45, 2.75) is 26.3 Å². The minimum Gasteiger partial charge on any atom is -0.334 e. The molecule has 0 spiro atoms. The number of amides is 1. The lowest BCUT2D eigenvalue weighted by atomic mass is 10.0. The molecule has 4 heteroatoms. The first-order chi connectivity index (χ1) is 6.02. The van der Waals surface area contributed by atoms with Gasteiger partial charge in [-0.25, -0.2) is 0 Å². The van der Waals surface area contributed by atoms with E-state index in [1.165, 1.54) is 0 Å². The fourth-order valence-electron chi connectivity index (χ4n) is 1.31. The zero-order valence-electron chi connectivity index (χ0n) is 8.12. The van der Waals surface area contributed by atoms with Crippen LogP contribution in [-0.4, -0.2) is 35.7 Å². The standard InChI is InChI=1S/C9H16N2O2/c1-6(2)8(10)9(13)11-4-3-7(12)5-11/h6,8H,3-5,10H2,1-2H3/t8-/m0/s1. The average Bonchev–Trinajstić information content (AvgIpc) is 2.49. The highest BCUT2D eigenvalue weighted by molar-refractivity contribution is 5.91. The average molecular weight is 184 g/mol. The Balaban J connectivity index is 2.53. The van der Waals surface area contributed by atoms with E-state index in [0.717, 1.165) is 0 Å². The maximum absolute atomic E-state index is 11.6. The van der Waals surface area contributed by atoms with Gasteiger partial charge in [0.2, 0.25) is 5.91 Å². The van der Waals surface area contributed by atoms with Crippen LogP contribution in [-0.2, 0) is 9.59 Å². The number of nitrogens with two attached hydrogens (primary N) is 1.